The van der Waals surface area contributed by atoms with Crippen molar-refractivity contribution in [2.45, 2.75) is 12.8 Å². The molecule has 0 radical (unpaired) electrons. The van der Waals surface area contributed by atoms with Crippen molar-refractivity contribution in [3.05, 3.63) is 59.0 Å². The van der Waals surface area contributed by atoms with E-state index in [0.29, 0.717) is 16.8 Å². The minimum Gasteiger partial charge on any atom is -0.394 e. The first-order valence-electron chi connectivity index (χ1n) is 8.98. The molecule has 0 aliphatic heterocycles. The molecule has 142 valence electrons. The fourth-order valence-corrected chi connectivity index (χ4v) is 3.56. The van der Waals surface area contributed by atoms with Crippen molar-refractivity contribution in [3.63, 3.8) is 0 Å². The van der Waals surface area contributed by atoms with E-state index < -0.39 is 0 Å². The van der Waals surface area contributed by atoms with Crippen molar-refractivity contribution >= 4 is 23.4 Å². The molecular weight excluding hydrogens is 374 g/mol. The van der Waals surface area contributed by atoms with Crippen LogP contribution < -0.4 is 15.7 Å². The van der Waals surface area contributed by atoms with Gasteiger partial charge in [0, 0.05) is 23.8 Å². The van der Waals surface area contributed by atoms with Crippen molar-refractivity contribution in [1.29, 1.82) is 0 Å². The molecule has 3 aromatic rings. The highest BCUT2D eigenvalue weighted by Crippen LogP contribution is 2.37. The van der Waals surface area contributed by atoms with Gasteiger partial charge in [0.2, 0.25) is 5.69 Å². The highest BCUT2D eigenvalue weighted by atomic mass is 35.5. The highest BCUT2D eigenvalue weighted by molar-refractivity contribution is 6.30. The molecule has 2 heterocycles. The summed E-state index contributed by atoms with van der Waals surface area (Å²) in [5.41, 5.74) is 12.3. The number of halogens is 1. The fraction of sp³-hybridized carbons (Fsp3) is 0.200. The number of fused-ring (bicyclic) bond motifs is 3. The predicted octanol–water partition coefficient (Wildman–Crippen LogP) is 2.44. The van der Waals surface area contributed by atoms with Crippen LogP contribution in [-0.4, -0.2) is 27.9 Å². The lowest BCUT2D eigenvalue weighted by atomic mass is 9.91. The SMILES string of the molecule is CN/C=C\C(N)=Nc1ncc2c(n1)-c1c([nH][n+](C)c1-c1ccc(Cl)cc1)CC2. The van der Waals surface area contributed by atoms with Crippen molar-refractivity contribution in [3.8, 4) is 22.5 Å². The molecule has 28 heavy (non-hydrogen) atoms. The Morgan fingerprint density at radius 3 is 2.86 bits per heavy atom. The minimum absolute atomic E-state index is 0.336. The van der Waals surface area contributed by atoms with Gasteiger partial charge in [0.05, 0.1) is 17.0 Å². The Bertz CT molecular complexity index is 1080. The number of aliphatic imine (C=N–C) groups is 1. The molecule has 2 aromatic heterocycles. The number of rotatable bonds is 4. The van der Waals surface area contributed by atoms with Crippen LogP contribution in [-0.2, 0) is 19.9 Å². The third-order valence-electron chi connectivity index (χ3n) is 4.68. The van der Waals surface area contributed by atoms with Gasteiger partial charge in [-0.1, -0.05) is 11.6 Å². The van der Waals surface area contributed by atoms with E-state index >= 15 is 0 Å². The summed E-state index contributed by atoms with van der Waals surface area (Å²) in [7, 11) is 3.80. The van der Waals surface area contributed by atoms with Gasteiger partial charge in [-0.15, -0.1) is 4.68 Å². The molecule has 0 saturated carbocycles. The molecule has 0 bridgehead atoms. The summed E-state index contributed by atoms with van der Waals surface area (Å²) < 4.78 is 2.03. The monoisotopic (exact) mass is 394 g/mol. The molecular formula is C20H21ClN7+. The standard InChI is InChI=1S/C20H20ClN7/c1-23-10-9-16(22)25-20-24-11-13-5-8-15-17(18(13)26-20)19(28(2)27-15)12-3-6-14(21)7-4-12/h3-4,6-7,9-11H,5,8H2,1-2H3,(H3,22,23,24,25,26)/p+1. The lowest BCUT2D eigenvalue weighted by Gasteiger charge is -2.13. The fourth-order valence-electron chi connectivity index (χ4n) is 3.44. The van der Waals surface area contributed by atoms with Crippen LogP contribution in [0.15, 0.2) is 47.7 Å². The van der Waals surface area contributed by atoms with E-state index in [-0.39, 0.29) is 0 Å². The van der Waals surface area contributed by atoms with Gasteiger partial charge in [0.15, 0.2) is 7.05 Å². The maximum Gasteiger partial charge on any atom is 0.251 e. The average molecular weight is 395 g/mol. The number of benzene rings is 1. The Kier molecular flexibility index (Phi) is 4.83. The van der Waals surface area contributed by atoms with Crippen molar-refractivity contribution in [2.75, 3.05) is 7.05 Å². The minimum atomic E-state index is 0.336. The molecule has 1 aliphatic carbocycles. The number of aromatic nitrogens is 4. The zero-order valence-corrected chi connectivity index (χ0v) is 16.5. The summed E-state index contributed by atoms with van der Waals surface area (Å²) >= 11 is 6.07. The van der Waals surface area contributed by atoms with Gasteiger partial charge in [-0.2, -0.15) is 10.1 Å². The molecule has 0 saturated heterocycles. The van der Waals surface area contributed by atoms with Crippen molar-refractivity contribution in [1.82, 2.24) is 20.4 Å². The van der Waals surface area contributed by atoms with E-state index in [1.807, 2.05) is 42.2 Å². The second-order valence-electron chi connectivity index (χ2n) is 6.58. The smallest absolute Gasteiger partial charge is 0.251 e. The number of nitrogens with two attached hydrogens (primary N) is 1. The number of H-pyrrole nitrogens is 1. The summed E-state index contributed by atoms with van der Waals surface area (Å²) in [4.78, 5) is 13.4. The first-order chi connectivity index (χ1) is 13.6. The van der Waals surface area contributed by atoms with E-state index in [1.54, 1.807) is 19.3 Å². The Morgan fingerprint density at radius 2 is 2.11 bits per heavy atom. The summed E-state index contributed by atoms with van der Waals surface area (Å²) in [6.45, 7) is 0. The van der Waals surface area contributed by atoms with Gasteiger partial charge >= 0.3 is 0 Å². The zero-order valence-electron chi connectivity index (χ0n) is 15.7. The van der Waals surface area contributed by atoms with Gasteiger partial charge in [-0.3, -0.25) is 0 Å². The Labute approximate surface area is 168 Å². The number of amidine groups is 1. The number of hydrogen-bond donors (Lipinski definition) is 3. The second-order valence-corrected chi connectivity index (χ2v) is 7.02. The van der Waals surface area contributed by atoms with E-state index in [9.17, 15) is 0 Å². The van der Waals surface area contributed by atoms with Crippen molar-refractivity contribution in [2.24, 2.45) is 17.8 Å². The molecule has 4 rings (SSSR count). The number of nitrogens with one attached hydrogen (secondary N) is 2. The van der Waals surface area contributed by atoms with Gasteiger partial charge in [0.1, 0.15) is 5.84 Å². The molecule has 1 aromatic carbocycles. The number of aromatic amines is 1. The zero-order chi connectivity index (χ0) is 19.7. The maximum absolute atomic E-state index is 6.07. The predicted molar refractivity (Wildman–Crippen MR) is 110 cm³/mol. The van der Waals surface area contributed by atoms with Gasteiger partial charge in [-0.05, 0) is 54.9 Å². The second kappa shape index (κ2) is 7.44. The van der Waals surface area contributed by atoms with Crippen LogP contribution in [0.1, 0.15) is 11.3 Å². The molecule has 0 amide bonds. The normalized spacial score (nSPS) is 13.5. The van der Waals surface area contributed by atoms with Crippen LogP contribution in [0.25, 0.3) is 22.5 Å². The summed E-state index contributed by atoms with van der Waals surface area (Å²) in [6.07, 6.45) is 7.01. The van der Waals surface area contributed by atoms with Gasteiger partial charge in [0.25, 0.3) is 5.95 Å². The highest BCUT2D eigenvalue weighted by Gasteiger charge is 2.31. The Hall–Kier alpha value is -3.19. The largest absolute Gasteiger partial charge is 0.394 e. The third kappa shape index (κ3) is 3.36. The summed E-state index contributed by atoms with van der Waals surface area (Å²) in [6, 6.07) is 7.82. The van der Waals surface area contributed by atoms with Crippen LogP contribution in [0.3, 0.4) is 0 Å². The summed E-state index contributed by atoms with van der Waals surface area (Å²) in [5, 5.41) is 7.04. The third-order valence-corrected chi connectivity index (χ3v) is 4.93. The van der Waals surface area contributed by atoms with E-state index in [1.165, 1.54) is 0 Å². The molecule has 0 unspecified atom stereocenters. The molecule has 7 nitrogen and oxygen atoms in total. The van der Waals surface area contributed by atoms with Crippen molar-refractivity contribution < 1.29 is 4.68 Å². The topological polar surface area (TPSA) is 95.9 Å². The Morgan fingerprint density at radius 1 is 1.32 bits per heavy atom. The number of aryl methyl sites for hydroxylation is 3. The molecule has 8 heteroatoms. The molecule has 0 atom stereocenters. The van der Waals surface area contributed by atoms with Crippen LogP contribution in [0, 0.1) is 0 Å². The van der Waals surface area contributed by atoms with E-state index in [4.69, 9.17) is 22.3 Å². The van der Waals surface area contributed by atoms with Crippen LogP contribution >= 0.6 is 11.6 Å². The van der Waals surface area contributed by atoms with Gasteiger partial charge in [-0.25, -0.2) is 9.97 Å². The van der Waals surface area contributed by atoms with Crippen LogP contribution in [0.5, 0.6) is 0 Å². The Balaban J connectivity index is 1.84. The lowest BCUT2D eigenvalue weighted by molar-refractivity contribution is -0.716. The molecule has 4 N–H and O–H groups in total. The van der Waals surface area contributed by atoms with Crippen LogP contribution in [0.2, 0.25) is 5.02 Å². The molecule has 1 aliphatic rings. The van der Waals surface area contributed by atoms with E-state index in [2.05, 4.69) is 20.4 Å². The van der Waals surface area contributed by atoms with E-state index in [0.717, 1.165) is 46.6 Å². The first kappa shape index (κ1) is 18.2. The van der Waals surface area contributed by atoms with Gasteiger partial charge < -0.3 is 11.1 Å². The number of nitrogens with zero attached hydrogens (tertiary/aromatic N) is 4. The quantitative estimate of drug-likeness (QED) is 0.360. The molecule has 0 spiro atoms. The first-order valence-corrected chi connectivity index (χ1v) is 9.35. The number of hydrogen-bond acceptors (Lipinski definition) is 4. The molecule has 0 fully saturated rings. The maximum atomic E-state index is 6.07. The van der Waals surface area contributed by atoms with Crippen LogP contribution in [0.4, 0.5) is 5.95 Å². The lowest BCUT2D eigenvalue weighted by Crippen LogP contribution is -2.32. The summed E-state index contributed by atoms with van der Waals surface area (Å²) in [5.74, 6) is 0.679. The average Bonchev–Trinajstić information content (AvgIpc) is 3.03.